The highest BCUT2D eigenvalue weighted by Gasteiger charge is 2.29. The molecule has 41 heavy (non-hydrogen) atoms. The smallest absolute Gasteiger partial charge is 0.374 e. The molecule has 2 aromatic heterocycles. The summed E-state index contributed by atoms with van der Waals surface area (Å²) in [6.45, 7) is 3.58. The summed E-state index contributed by atoms with van der Waals surface area (Å²) >= 11 is 0. The van der Waals surface area contributed by atoms with Crippen molar-refractivity contribution in [2.24, 2.45) is 5.92 Å². The number of aliphatic hydroxyl groups is 1. The Labute approximate surface area is 237 Å². The van der Waals surface area contributed by atoms with Crippen LogP contribution in [0.5, 0.6) is 0 Å². The van der Waals surface area contributed by atoms with E-state index in [0.717, 1.165) is 54.9 Å². The molecule has 0 bridgehead atoms. The van der Waals surface area contributed by atoms with E-state index in [-0.39, 0.29) is 6.54 Å². The average molecular weight is 572 g/mol. The standard InChI is InChI=1S/C29H36F3N7O2/c1-37-15-9-20(10-16-37)19-33-27(41)22-4-6-23(7-5-22)34-28-35-26-24(3-2-14-39(26)36-28)21-11-17-38(18-12-21)25(40)8-13-29(30,31)32/h2-7,11,14,20,27,33,41H,8-10,12-13,15-19H2,1H3,(H,34,36). The number of carbonyl (C=O) groups is 1. The van der Waals surface area contributed by atoms with Gasteiger partial charge in [-0.1, -0.05) is 18.2 Å². The van der Waals surface area contributed by atoms with E-state index < -0.39 is 31.2 Å². The number of anilines is 2. The Morgan fingerprint density at radius 2 is 1.90 bits per heavy atom. The van der Waals surface area contributed by atoms with Crippen molar-refractivity contribution in [1.29, 1.82) is 0 Å². The van der Waals surface area contributed by atoms with Crippen LogP contribution in [-0.4, -0.2) is 81.4 Å². The zero-order valence-electron chi connectivity index (χ0n) is 23.1. The molecule has 220 valence electrons. The van der Waals surface area contributed by atoms with Gasteiger partial charge in [-0.3, -0.25) is 10.1 Å². The molecular weight excluding hydrogens is 535 g/mol. The first-order valence-corrected chi connectivity index (χ1v) is 14.0. The number of halogens is 3. The summed E-state index contributed by atoms with van der Waals surface area (Å²) in [6, 6.07) is 11.3. The molecular formula is C29H36F3N7O2. The van der Waals surface area contributed by atoms with Crippen molar-refractivity contribution in [3.63, 3.8) is 0 Å². The van der Waals surface area contributed by atoms with Gasteiger partial charge in [0.1, 0.15) is 6.23 Å². The van der Waals surface area contributed by atoms with Gasteiger partial charge in [0, 0.05) is 43.5 Å². The van der Waals surface area contributed by atoms with Crippen LogP contribution in [0.4, 0.5) is 24.8 Å². The summed E-state index contributed by atoms with van der Waals surface area (Å²) in [7, 11) is 2.14. The normalized spacial score (nSPS) is 18.0. The molecule has 12 heteroatoms. The van der Waals surface area contributed by atoms with E-state index >= 15 is 0 Å². The number of carbonyl (C=O) groups excluding carboxylic acids is 1. The quantitative estimate of drug-likeness (QED) is 0.329. The van der Waals surface area contributed by atoms with Gasteiger partial charge < -0.3 is 20.2 Å². The summed E-state index contributed by atoms with van der Waals surface area (Å²) in [5.41, 5.74) is 4.04. The number of aromatic nitrogens is 3. The Kier molecular flexibility index (Phi) is 8.91. The van der Waals surface area contributed by atoms with E-state index in [1.807, 2.05) is 42.5 Å². The maximum atomic E-state index is 12.5. The highest BCUT2D eigenvalue weighted by atomic mass is 19.4. The van der Waals surface area contributed by atoms with Gasteiger partial charge in [0.2, 0.25) is 11.9 Å². The lowest BCUT2D eigenvalue weighted by Gasteiger charge is -2.29. The maximum Gasteiger partial charge on any atom is 0.389 e. The van der Waals surface area contributed by atoms with Crippen molar-refractivity contribution >= 4 is 28.8 Å². The van der Waals surface area contributed by atoms with Gasteiger partial charge in [-0.2, -0.15) is 18.2 Å². The number of pyridine rings is 1. The highest BCUT2D eigenvalue weighted by molar-refractivity contribution is 5.81. The SMILES string of the molecule is CN1CCC(CNC(O)c2ccc(Nc3nc4c(C5=CCN(C(=O)CCC(F)(F)F)CC5)cccn4n3)cc2)CC1. The molecule has 9 nitrogen and oxygen atoms in total. The number of alkyl halides is 3. The van der Waals surface area contributed by atoms with E-state index in [1.165, 1.54) is 4.90 Å². The average Bonchev–Trinajstić information content (AvgIpc) is 3.38. The number of piperidine rings is 1. The number of rotatable bonds is 9. The number of amides is 1. The van der Waals surface area contributed by atoms with Crippen LogP contribution in [-0.2, 0) is 4.79 Å². The molecule has 5 rings (SSSR count). The number of likely N-dealkylation sites (tertiary alicyclic amines) is 1. The first kappa shape index (κ1) is 29.0. The molecule has 2 aliphatic heterocycles. The summed E-state index contributed by atoms with van der Waals surface area (Å²) in [4.78, 5) is 20.6. The predicted molar refractivity (Wildman–Crippen MR) is 150 cm³/mol. The summed E-state index contributed by atoms with van der Waals surface area (Å²) < 4.78 is 39.1. The molecule has 4 heterocycles. The minimum absolute atomic E-state index is 0.261. The molecule has 1 fully saturated rings. The van der Waals surface area contributed by atoms with Gasteiger partial charge in [-0.25, -0.2) is 4.52 Å². The number of nitrogens with zero attached hydrogens (tertiary/aromatic N) is 5. The lowest BCUT2D eigenvalue weighted by atomic mass is 9.97. The monoisotopic (exact) mass is 571 g/mol. The maximum absolute atomic E-state index is 12.5. The Balaban J connectivity index is 1.19. The van der Waals surface area contributed by atoms with E-state index in [4.69, 9.17) is 0 Å². The number of aliphatic hydroxyl groups excluding tert-OH is 1. The number of nitrogens with one attached hydrogen (secondary N) is 2. The van der Waals surface area contributed by atoms with Crippen molar-refractivity contribution in [3.05, 3.63) is 59.8 Å². The third-order valence-electron chi connectivity index (χ3n) is 7.81. The third kappa shape index (κ3) is 7.63. The lowest BCUT2D eigenvalue weighted by molar-refractivity contribution is -0.148. The zero-order chi connectivity index (χ0) is 29.0. The molecule has 0 radical (unpaired) electrons. The number of fused-ring (bicyclic) bond motifs is 1. The van der Waals surface area contributed by atoms with Crippen molar-refractivity contribution in [1.82, 2.24) is 29.7 Å². The fourth-order valence-electron chi connectivity index (χ4n) is 5.30. The molecule has 1 amide bonds. The van der Waals surface area contributed by atoms with E-state index in [0.29, 0.717) is 30.5 Å². The third-order valence-corrected chi connectivity index (χ3v) is 7.81. The van der Waals surface area contributed by atoms with Crippen LogP contribution in [0.25, 0.3) is 11.2 Å². The second-order valence-corrected chi connectivity index (χ2v) is 10.9. The van der Waals surface area contributed by atoms with Gasteiger partial charge in [-0.05, 0) is 80.7 Å². The van der Waals surface area contributed by atoms with Crippen molar-refractivity contribution in [2.75, 3.05) is 45.1 Å². The molecule has 0 spiro atoms. The first-order chi connectivity index (χ1) is 19.6. The Morgan fingerprint density at radius 1 is 1.15 bits per heavy atom. The molecule has 0 saturated carbocycles. The van der Waals surface area contributed by atoms with Crippen LogP contribution in [0.15, 0.2) is 48.7 Å². The molecule has 3 aromatic rings. The Hall–Kier alpha value is -3.48. The predicted octanol–water partition coefficient (Wildman–Crippen LogP) is 4.35. The minimum atomic E-state index is -4.34. The molecule has 2 aliphatic rings. The Bertz CT molecular complexity index is 1360. The van der Waals surface area contributed by atoms with Crippen molar-refractivity contribution in [3.8, 4) is 0 Å². The van der Waals surface area contributed by atoms with Crippen LogP contribution in [0.3, 0.4) is 0 Å². The molecule has 1 atom stereocenters. The fourth-order valence-corrected chi connectivity index (χ4v) is 5.30. The van der Waals surface area contributed by atoms with Gasteiger partial charge >= 0.3 is 6.18 Å². The number of benzene rings is 1. The zero-order valence-corrected chi connectivity index (χ0v) is 23.1. The summed E-state index contributed by atoms with van der Waals surface area (Å²) in [5.74, 6) is 0.491. The second-order valence-electron chi connectivity index (χ2n) is 10.9. The molecule has 0 aliphatic carbocycles. The van der Waals surface area contributed by atoms with Gasteiger partial charge in [-0.15, -0.1) is 5.10 Å². The van der Waals surface area contributed by atoms with Crippen molar-refractivity contribution < 1.29 is 23.1 Å². The molecule has 1 saturated heterocycles. The van der Waals surface area contributed by atoms with Gasteiger partial charge in [0.05, 0.1) is 6.42 Å². The van der Waals surface area contributed by atoms with Crippen LogP contribution in [0.1, 0.15) is 49.5 Å². The van der Waals surface area contributed by atoms with Crippen LogP contribution in [0, 0.1) is 5.92 Å². The number of hydrogen-bond donors (Lipinski definition) is 3. The first-order valence-electron chi connectivity index (χ1n) is 14.0. The lowest BCUT2D eigenvalue weighted by Crippen LogP contribution is -2.36. The highest BCUT2D eigenvalue weighted by Crippen LogP contribution is 2.28. The topological polar surface area (TPSA) is 98.0 Å². The minimum Gasteiger partial charge on any atom is -0.374 e. The van der Waals surface area contributed by atoms with Crippen LogP contribution >= 0.6 is 0 Å². The summed E-state index contributed by atoms with van der Waals surface area (Å²) in [5, 5.41) is 21.6. The van der Waals surface area contributed by atoms with Gasteiger partial charge in [0.15, 0.2) is 5.65 Å². The molecule has 1 aromatic carbocycles. The Morgan fingerprint density at radius 3 is 2.59 bits per heavy atom. The van der Waals surface area contributed by atoms with Crippen LogP contribution < -0.4 is 10.6 Å². The summed E-state index contributed by atoms with van der Waals surface area (Å²) in [6.07, 6.45) is -0.264. The molecule has 1 unspecified atom stereocenters. The van der Waals surface area contributed by atoms with Gasteiger partial charge in [0.25, 0.3) is 0 Å². The van der Waals surface area contributed by atoms with Crippen LogP contribution in [0.2, 0.25) is 0 Å². The van der Waals surface area contributed by atoms with E-state index in [2.05, 4.69) is 32.7 Å². The number of hydrogen-bond acceptors (Lipinski definition) is 7. The second kappa shape index (κ2) is 12.6. The molecule has 3 N–H and O–H groups in total. The van der Waals surface area contributed by atoms with E-state index in [9.17, 15) is 23.1 Å². The largest absolute Gasteiger partial charge is 0.389 e. The van der Waals surface area contributed by atoms with E-state index in [1.54, 1.807) is 10.7 Å². The fraction of sp³-hybridized carbons (Fsp3) is 0.483. The van der Waals surface area contributed by atoms with Crippen molar-refractivity contribution in [2.45, 2.75) is 44.5 Å².